The second kappa shape index (κ2) is 3.50. The molecule has 0 radical (unpaired) electrons. The summed E-state index contributed by atoms with van der Waals surface area (Å²) < 4.78 is 0. The lowest BCUT2D eigenvalue weighted by Crippen LogP contribution is -2.03. The number of nitrogens with two attached hydrogens (primary N) is 1. The van der Waals surface area contributed by atoms with Crippen molar-refractivity contribution in [2.45, 2.75) is 0 Å². The van der Waals surface area contributed by atoms with E-state index in [1.165, 1.54) is 0 Å². The van der Waals surface area contributed by atoms with E-state index in [1.54, 1.807) is 12.4 Å². The lowest BCUT2D eigenvalue weighted by atomic mass is 11.3. The van der Waals surface area contributed by atoms with E-state index < -0.39 is 0 Å². The zero-order chi connectivity index (χ0) is 5.70. The predicted octanol–water partition coefficient (Wildman–Crippen LogP) is 0.145. The van der Waals surface area contributed by atoms with Crippen molar-refractivity contribution in [3.63, 3.8) is 0 Å². The van der Waals surface area contributed by atoms with E-state index in [-0.39, 0.29) is 0 Å². The van der Waals surface area contributed by atoms with E-state index in [4.69, 9.17) is 11.0 Å². The summed E-state index contributed by atoms with van der Waals surface area (Å²) in [5, 5.41) is 10.0. The van der Waals surface area contributed by atoms with Crippen molar-refractivity contribution < 1.29 is 0 Å². The zero-order valence-electron chi connectivity index (χ0n) is 3.88. The SMILES string of the molecule is CN=C(N)SC#N. The van der Waals surface area contributed by atoms with Crippen LogP contribution in [0.5, 0.6) is 0 Å². The van der Waals surface area contributed by atoms with E-state index in [9.17, 15) is 0 Å². The van der Waals surface area contributed by atoms with Crippen LogP contribution in [0, 0.1) is 10.7 Å². The first kappa shape index (κ1) is 6.31. The molecule has 2 N–H and O–H groups in total. The summed E-state index contributed by atoms with van der Waals surface area (Å²) in [7, 11) is 1.54. The minimum absolute atomic E-state index is 0.308. The molecule has 0 amide bonds. The van der Waals surface area contributed by atoms with E-state index in [0.717, 1.165) is 11.8 Å². The third kappa shape index (κ3) is 3.13. The Kier molecular flexibility index (Phi) is 3.15. The van der Waals surface area contributed by atoms with E-state index in [2.05, 4.69) is 4.99 Å². The molecule has 0 spiro atoms. The molecule has 0 aliphatic rings. The van der Waals surface area contributed by atoms with Gasteiger partial charge in [-0.15, -0.1) is 0 Å². The van der Waals surface area contributed by atoms with Crippen molar-refractivity contribution in [2.24, 2.45) is 10.7 Å². The van der Waals surface area contributed by atoms with Crippen molar-refractivity contribution in [1.29, 1.82) is 5.26 Å². The highest BCUT2D eigenvalue weighted by Crippen LogP contribution is 1.92. The van der Waals surface area contributed by atoms with Crippen molar-refractivity contribution in [3.05, 3.63) is 0 Å². The number of amidine groups is 1. The molecule has 0 unspecified atom stereocenters. The first-order valence-corrected chi connectivity index (χ1v) is 2.41. The molecule has 0 bridgehead atoms. The summed E-state index contributed by atoms with van der Waals surface area (Å²) in [6.45, 7) is 0. The Morgan fingerprint density at radius 1 is 2.00 bits per heavy atom. The molecule has 7 heavy (non-hydrogen) atoms. The molecular weight excluding hydrogens is 110 g/mol. The minimum atomic E-state index is 0.308. The minimum Gasteiger partial charge on any atom is -0.378 e. The molecule has 0 saturated heterocycles. The van der Waals surface area contributed by atoms with Crippen LogP contribution >= 0.6 is 11.8 Å². The predicted molar refractivity (Wildman–Crippen MR) is 30.8 cm³/mol. The Hall–Kier alpha value is -0.690. The monoisotopic (exact) mass is 115 g/mol. The van der Waals surface area contributed by atoms with Crippen molar-refractivity contribution in [3.8, 4) is 5.40 Å². The second-order valence-corrected chi connectivity index (χ2v) is 1.56. The van der Waals surface area contributed by atoms with Gasteiger partial charge in [0.15, 0.2) is 5.17 Å². The number of thioether (sulfide) groups is 1. The second-order valence-electron chi connectivity index (χ2n) is 0.755. The number of thiocyanates is 1. The highest BCUT2D eigenvalue weighted by molar-refractivity contribution is 8.17. The number of aliphatic imine (C=N–C) groups is 1. The van der Waals surface area contributed by atoms with Gasteiger partial charge in [-0.1, -0.05) is 0 Å². The van der Waals surface area contributed by atoms with Crippen LogP contribution in [0.15, 0.2) is 4.99 Å². The summed E-state index contributed by atoms with van der Waals surface area (Å²) in [4.78, 5) is 3.51. The zero-order valence-corrected chi connectivity index (χ0v) is 4.70. The first-order valence-electron chi connectivity index (χ1n) is 1.59. The number of hydrogen-bond acceptors (Lipinski definition) is 3. The van der Waals surface area contributed by atoms with Crippen molar-refractivity contribution >= 4 is 16.9 Å². The number of hydrogen-bond donors (Lipinski definition) is 1. The van der Waals surface area contributed by atoms with Crippen LogP contribution in [0.25, 0.3) is 0 Å². The molecule has 0 fully saturated rings. The van der Waals surface area contributed by atoms with Gasteiger partial charge in [0.05, 0.1) is 0 Å². The average Bonchev–Trinajstić information content (AvgIpc) is 1.68. The largest absolute Gasteiger partial charge is 0.378 e. The summed E-state index contributed by atoms with van der Waals surface area (Å²) in [6, 6.07) is 0. The number of nitriles is 1. The molecule has 0 aromatic carbocycles. The fourth-order valence-corrected chi connectivity index (χ4v) is 0.277. The molecule has 0 atom stereocenters. The van der Waals surface area contributed by atoms with E-state index in [0.29, 0.717) is 5.17 Å². The maximum absolute atomic E-state index is 7.92. The summed E-state index contributed by atoms with van der Waals surface area (Å²) in [6.07, 6.45) is 0. The van der Waals surface area contributed by atoms with Crippen LogP contribution in [0.2, 0.25) is 0 Å². The maximum atomic E-state index is 7.92. The van der Waals surface area contributed by atoms with Gasteiger partial charge in [-0.3, -0.25) is 4.99 Å². The average molecular weight is 115 g/mol. The van der Waals surface area contributed by atoms with Crippen LogP contribution in [-0.2, 0) is 0 Å². The van der Waals surface area contributed by atoms with Gasteiger partial charge in [-0.25, -0.2) is 0 Å². The molecule has 0 aliphatic carbocycles. The molecule has 4 heteroatoms. The summed E-state index contributed by atoms with van der Waals surface area (Å²) in [5.74, 6) is 0. The Labute approximate surface area is 46.2 Å². The summed E-state index contributed by atoms with van der Waals surface area (Å²) in [5.41, 5.74) is 5.07. The molecule has 0 saturated carbocycles. The maximum Gasteiger partial charge on any atom is 0.168 e. The third-order valence-corrected chi connectivity index (χ3v) is 0.854. The molecule has 0 aromatic heterocycles. The van der Waals surface area contributed by atoms with E-state index in [1.807, 2.05) is 0 Å². The first-order chi connectivity index (χ1) is 3.31. The smallest absolute Gasteiger partial charge is 0.168 e. The van der Waals surface area contributed by atoms with Gasteiger partial charge in [-0.2, -0.15) is 5.26 Å². The molecule has 0 rings (SSSR count). The Morgan fingerprint density at radius 2 is 2.57 bits per heavy atom. The molecule has 38 valence electrons. The fraction of sp³-hybridized carbons (Fsp3) is 0.333. The van der Waals surface area contributed by atoms with Crippen LogP contribution < -0.4 is 5.73 Å². The normalized spacial score (nSPS) is 10.6. The van der Waals surface area contributed by atoms with Crippen LogP contribution in [0.4, 0.5) is 0 Å². The number of nitrogens with zero attached hydrogens (tertiary/aromatic N) is 2. The van der Waals surface area contributed by atoms with Gasteiger partial charge in [0.25, 0.3) is 0 Å². The lowest BCUT2D eigenvalue weighted by molar-refractivity contribution is 1.44. The molecular formula is C3H5N3S. The van der Waals surface area contributed by atoms with Gasteiger partial charge in [0.2, 0.25) is 0 Å². The Balaban J connectivity index is 3.43. The quantitative estimate of drug-likeness (QED) is 0.277. The molecule has 0 heterocycles. The highest BCUT2D eigenvalue weighted by atomic mass is 32.2. The van der Waals surface area contributed by atoms with Crippen LogP contribution in [-0.4, -0.2) is 12.2 Å². The van der Waals surface area contributed by atoms with E-state index >= 15 is 0 Å². The topological polar surface area (TPSA) is 62.2 Å². The van der Waals surface area contributed by atoms with Gasteiger partial charge < -0.3 is 5.73 Å². The molecule has 0 aliphatic heterocycles. The van der Waals surface area contributed by atoms with Crippen molar-refractivity contribution in [2.75, 3.05) is 7.05 Å². The van der Waals surface area contributed by atoms with Crippen molar-refractivity contribution in [1.82, 2.24) is 0 Å². The Morgan fingerprint density at radius 3 is 2.71 bits per heavy atom. The standard InChI is InChI=1S/C3H5N3S/c1-6-3(5)7-2-4/h1H3,(H2,5,6). The fourth-order valence-electron chi connectivity index (χ4n) is 0.0924. The van der Waals surface area contributed by atoms with Crippen LogP contribution in [0.3, 0.4) is 0 Å². The molecule has 0 aromatic rings. The van der Waals surface area contributed by atoms with Gasteiger partial charge in [0, 0.05) is 18.8 Å². The van der Waals surface area contributed by atoms with Gasteiger partial charge in [0.1, 0.15) is 5.40 Å². The Bertz CT molecular complexity index is 112. The third-order valence-electron chi connectivity index (χ3n) is 0.371. The lowest BCUT2D eigenvalue weighted by Gasteiger charge is -1.81. The molecule has 3 nitrogen and oxygen atoms in total. The van der Waals surface area contributed by atoms with Crippen LogP contribution in [0.1, 0.15) is 0 Å². The van der Waals surface area contributed by atoms with Gasteiger partial charge >= 0.3 is 0 Å². The van der Waals surface area contributed by atoms with Gasteiger partial charge in [-0.05, 0) is 0 Å². The highest BCUT2D eigenvalue weighted by Gasteiger charge is 1.83. The summed E-state index contributed by atoms with van der Waals surface area (Å²) >= 11 is 0.865. The number of rotatable bonds is 0.